The minimum atomic E-state index is -0.796. The van der Waals surface area contributed by atoms with E-state index < -0.39 is 24.0 Å². The summed E-state index contributed by atoms with van der Waals surface area (Å²) in [5, 5.41) is 0.635. The van der Waals surface area contributed by atoms with Gasteiger partial charge in [-0.1, -0.05) is 41.4 Å². The Kier molecular flexibility index (Phi) is 5.16. The molecule has 1 fully saturated rings. The first kappa shape index (κ1) is 17.6. The number of esters is 2. The van der Waals surface area contributed by atoms with Gasteiger partial charge in [-0.3, -0.25) is 9.59 Å². The normalized spacial score (nSPS) is 19.4. The molecule has 0 aliphatic carbocycles. The fourth-order valence-corrected chi connectivity index (χ4v) is 3.14. The second-order valence-electron chi connectivity index (χ2n) is 5.46. The van der Waals surface area contributed by atoms with Gasteiger partial charge < -0.3 is 14.2 Å². The van der Waals surface area contributed by atoms with Gasteiger partial charge in [0.25, 0.3) is 0 Å². The van der Waals surface area contributed by atoms with Gasteiger partial charge in [0.15, 0.2) is 0 Å². The Morgan fingerprint density at radius 3 is 2.64 bits per heavy atom. The van der Waals surface area contributed by atoms with Crippen molar-refractivity contribution in [3.8, 4) is 11.5 Å². The standard InChI is InChI=1S/C18H14Cl2O5/c1-23-14-5-3-2-4-11(14)17-12(9-16(21)25-17)18(22)24-15-7-6-10(19)8-13(15)20/h2-8,12,17H,9H2,1H3/t12-,17+/m1/s1. The van der Waals surface area contributed by atoms with Crippen LogP contribution in [0.4, 0.5) is 0 Å². The number of halogens is 2. The number of carbonyl (C=O) groups excluding carboxylic acids is 2. The molecule has 2 aromatic carbocycles. The van der Waals surface area contributed by atoms with E-state index in [0.29, 0.717) is 16.3 Å². The topological polar surface area (TPSA) is 61.8 Å². The Morgan fingerprint density at radius 1 is 1.16 bits per heavy atom. The van der Waals surface area contributed by atoms with Crippen LogP contribution in [0.25, 0.3) is 0 Å². The van der Waals surface area contributed by atoms with Gasteiger partial charge in [0.1, 0.15) is 23.5 Å². The van der Waals surface area contributed by atoms with E-state index in [0.717, 1.165) is 0 Å². The van der Waals surface area contributed by atoms with Crippen molar-refractivity contribution in [1.29, 1.82) is 0 Å². The molecule has 1 aliphatic rings. The number of para-hydroxylation sites is 1. The summed E-state index contributed by atoms with van der Waals surface area (Å²) in [5.41, 5.74) is 0.611. The average molecular weight is 381 g/mol. The van der Waals surface area contributed by atoms with Crippen LogP contribution in [0.5, 0.6) is 11.5 Å². The number of hydrogen-bond acceptors (Lipinski definition) is 5. The highest BCUT2D eigenvalue weighted by Crippen LogP contribution is 2.40. The van der Waals surface area contributed by atoms with E-state index in [1.54, 1.807) is 30.3 Å². The number of ether oxygens (including phenoxy) is 3. The molecule has 0 radical (unpaired) electrons. The van der Waals surface area contributed by atoms with Gasteiger partial charge in [0.05, 0.1) is 18.6 Å². The predicted octanol–water partition coefficient (Wildman–Crippen LogP) is 4.21. The Bertz CT molecular complexity index is 821. The Labute approximate surface area is 154 Å². The molecule has 2 aromatic rings. The second kappa shape index (κ2) is 7.33. The lowest BCUT2D eigenvalue weighted by Gasteiger charge is -2.19. The lowest BCUT2D eigenvalue weighted by atomic mass is 9.94. The smallest absolute Gasteiger partial charge is 0.319 e. The van der Waals surface area contributed by atoms with E-state index in [9.17, 15) is 9.59 Å². The van der Waals surface area contributed by atoms with Crippen molar-refractivity contribution in [1.82, 2.24) is 0 Å². The average Bonchev–Trinajstić information content (AvgIpc) is 2.99. The lowest BCUT2D eigenvalue weighted by molar-refractivity contribution is -0.143. The van der Waals surface area contributed by atoms with Gasteiger partial charge in [-0.15, -0.1) is 0 Å². The number of methoxy groups -OCH3 is 1. The summed E-state index contributed by atoms with van der Waals surface area (Å²) in [4.78, 5) is 24.4. The zero-order chi connectivity index (χ0) is 18.0. The molecule has 0 N–H and O–H groups in total. The summed E-state index contributed by atoms with van der Waals surface area (Å²) in [6.07, 6.45) is -0.852. The van der Waals surface area contributed by atoms with E-state index >= 15 is 0 Å². The van der Waals surface area contributed by atoms with E-state index in [1.165, 1.54) is 19.2 Å². The van der Waals surface area contributed by atoms with Crippen LogP contribution in [0.1, 0.15) is 18.1 Å². The first-order valence-electron chi connectivity index (χ1n) is 7.48. The third-order valence-electron chi connectivity index (χ3n) is 3.86. The van der Waals surface area contributed by atoms with Crippen molar-refractivity contribution in [2.45, 2.75) is 12.5 Å². The van der Waals surface area contributed by atoms with Crippen molar-refractivity contribution in [2.24, 2.45) is 5.92 Å². The summed E-state index contributed by atoms with van der Waals surface area (Å²) < 4.78 is 16.0. The molecule has 0 aromatic heterocycles. The zero-order valence-corrected chi connectivity index (χ0v) is 14.7. The molecule has 0 spiro atoms. The maximum Gasteiger partial charge on any atom is 0.319 e. The Hall–Kier alpha value is -2.24. The van der Waals surface area contributed by atoms with Crippen molar-refractivity contribution in [3.63, 3.8) is 0 Å². The molecule has 25 heavy (non-hydrogen) atoms. The summed E-state index contributed by atoms with van der Waals surface area (Å²) >= 11 is 11.9. The SMILES string of the molecule is COc1ccccc1[C@@H]1OC(=O)C[C@H]1C(=O)Oc1ccc(Cl)cc1Cl. The molecule has 1 heterocycles. The minimum Gasteiger partial charge on any atom is -0.496 e. The highest BCUT2D eigenvalue weighted by atomic mass is 35.5. The van der Waals surface area contributed by atoms with Gasteiger partial charge in [0.2, 0.25) is 0 Å². The van der Waals surface area contributed by atoms with Crippen LogP contribution >= 0.6 is 23.2 Å². The largest absolute Gasteiger partial charge is 0.496 e. The summed E-state index contributed by atoms with van der Waals surface area (Å²) in [7, 11) is 1.51. The van der Waals surface area contributed by atoms with E-state index in [-0.39, 0.29) is 17.2 Å². The highest BCUT2D eigenvalue weighted by molar-refractivity contribution is 6.35. The lowest BCUT2D eigenvalue weighted by Crippen LogP contribution is -2.23. The predicted molar refractivity (Wildman–Crippen MR) is 92.0 cm³/mol. The van der Waals surface area contributed by atoms with Gasteiger partial charge >= 0.3 is 11.9 Å². The molecule has 1 aliphatic heterocycles. The van der Waals surface area contributed by atoms with Crippen molar-refractivity contribution in [2.75, 3.05) is 7.11 Å². The third-order valence-corrected chi connectivity index (χ3v) is 4.39. The number of carbonyl (C=O) groups is 2. The molecule has 130 valence electrons. The molecule has 3 rings (SSSR count). The molecule has 0 amide bonds. The van der Waals surface area contributed by atoms with Gasteiger partial charge in [-0.25, -0.2) is 0 Å². The molecule has 2 atom stereocenters. The Balaban J connectivity index is 1.86. The van der Waals surface area contributed by atoms with Crippen LogP contribution in [0.15, 0.2) is 42.5 Å². The number of cyclic esters (lactones) is 1. The Morgan fingerprint density at radius 2 is 1.92 bits per heavy atom. The summed E-state index contributed by atoms with van der Waals surface area (Å²) in [6, 6.07) is 11.6. The first-order valence-corrected chi connectivity index (χ1v) is 8.24. The van der Waals surface area contributed by atoms with Crippen LogP contribution in [-0.4, -0.2) is 19.0 Å². The molecule has 5 nitrogen and oxygen atoms in total. The van der Waals surface area contributed by atoms with Gasteiger partial charge in [-0.05, 0) is 24.3 Å². The monoisotopic (exact) mass is 380 g/mol. The third kappa shape index (κ3) is 3.72. The first-order chi connectivity index (χ1) is 12.0. The summed E-state index contributed by atoms with van der Waals surface area (Å²) in [6.45, 7) is 0. The van der Waals surface area contributed by atoms with Crippen molar-refractivity contribution >= 4 is 35.1 Å². The van der Waals surface area contributed by atoms with E-state index in [2.05, 4.69) is 0 Å². The van der Waals surface area contributed by atoms with Crippen LogP contribution in [-0.2, 0) is 14.3 Å². The van der Waals surface area contributed by atoms with Crippen LogP contribution < -0.4 is 9.47 Å². The van der Waals surface area contributed by atoms with Gasteiger partial charge in [-0.2, -0.15) is 0 Å². The van der Waals surface area contributed by atoms with Gasteiger partial charge in [0, 0.05) is 10.6 Å². The maximum absolute atomic E-state index is 12.6. The van der Waals surface area contributed by atoms with E-state index in [1.807, 2.05) is 0 Å². The molecular formula is C18H14Cl2O5. The molecule has 0 unspecified atom stereocenters. The zero-order valence-electron chi connectivity index (χ0n) is 13.2. The molecule has 7 heteroatoms. The number of rotatable bonds is 4. The maximum atomic E-state index is 12.6. The number of hydrogen-bond donors (Lipinski definition) is 0. The van der Waals surface area contributed by atoms with E-state index in [4.69, 9.17) is 37.4 Å². The van der Waals surface area contributed by atoms with Crippen molar-refractivity contribution in [3.05, 3.63) is 58.1 Å². The van der Waals surface area contributed by atoms with Crippen molar-refractivity contribution < 1.29 is 23.8 Å². The molecule has 1 saturated heterocycles. The molecule has 0 saturated carbocycles. The fourth-order valence-electron chi connectivity index (χ4n) is 2.69. The molecular weight excluding hydrogens is 367 g/mol. The van der Waals surface area contributed by atoms with Crippen LogP contribution in [0.2, 0.25) is 10.0 Å². The quantitative estimate of drug-likeness (QED) is 0.587. The van der Waals surface area contributed by atoms with Crippen LogP contribution in [0, 0.1) is 5.92 Å². The highest BCUT2D eigenvalue weighted by Gasteiger charge is 2.43. The minimum absolute atomic E-state index is 0.0766. The summed E-state index contributed by atoms with van der Waals surface area (Å²) in [5.74, 6) is -1.17. The number of benzene rings is 2. The molecule has 0 bridgehead atoms. The van der Waals surface area contributed by atoms with Crippen LogP contribution in [0.3, 0.4) is 0 Å². The fraction of sp³-hybridized carbons (Fsp3) is 0.222. The second-order valence-corrected chi connectivity index (χ2v) is 6.30.